The van der Waals surface area contributed by atoms with Gasteiger partial charge in [-0.15, -0.1) is 0 Å². The van der Waals surface area contributed by atoms with Gasteiger partial charge < -0.3 is 20.5 Å². The van der Waals surface area contributed by atoms with Gasteiger partial charge in [-0.25, -0.2) is 0 Å². The molecular weight excluding hydrogens is 246 g/mol. The van der Waals surface area contributed by atoms with E-state index in [2.05, 4.69) is 4.98 Å². The highest BCUT2D eigenvalue weighted by Crippen LogP contribution is 2.18. The van der Waals surface area contributed by atoms with Gasteiger partial charge in [0, 0.05) is 31.2 Å². The molecule has 6 nitrogen and oxygen atoms in total. The smallest absolute Gasteiger partial charge is 0.257 e. The number of aliphatic hydroxyl groups excluding tert-OH is 1. The van der Waals surface area contributed by atoms with Crippen LogP contribution in [-0.2, 0) is 4.74 Å². The van der Waals surface area contributed by atoms with Gasteiger partial charge in [0.05, 0.1) is 24.9 Å². The lowest BCUT2D eigenvalue weighted by molar-refractivity contribution is -0.00552. The molecule has 1 amide bonds. The SMILES string of the molecule is Nc1ccncc1C(=O)N1CCC(OCCO)CC1. The number of nitrogens with two attached hydrogens (primary N) is 1. The summed E-state index contributed by atoms with van der Waals surface area (Å²) in [6, 6.07) is 1.63. The molecule has 6 heteroatoms. The lowest BCUT2D eigenvalue weighted by Gasteiger charge is -2.32. The van der Waals surface area contributed by atoms with Gasteiger partial charge >= 0.3 is 0 Å². The number of anilines is 1. The number of hydrogen-bond donors (Lipinski definition) is 2. The number of amides is 1. The van der Waals surface area contributed by atoms with Crippen LogP contribution in [0.15, 0.2) is 18.5 Å². The van der Waals surface area contributed by atoms with Crippen molar-refractivity contribution < 1.29 is 14.6 Å². The third kappa shape index (κ3) is 3.42. The number of ether oxygens (including phenoxy) is 1. The lowest BCUT2D eigenvalue weighted by atomic mass is 10.1. The summed E-state index contributed by atoms with van der Waals surface area (Å²) < 4.78 is 5.46. The van der Waals surface area contributed by atoms with Crippen molar-refractivity contribution in [2.75, 3.05) is 32.0 Å². The Morgan fingerprint density at radius 2 is 2.26 bits per heavy atom. The zero-order chi connectivity index (χ0) is 13.7. The minimum atomic E-state index is -0.0776. The third-order valence-corrected chi connectivity index (χ3v) is 3.26. The Kier molecular flexibility index (Phi) is 4.70. The highest BCUT2D eigenvalue weighted by Gasteiger charge is 2.24. The van der Waals surface area contributed by atoms with Crippen LogP contribution < -0.4 is 5.73 Å². The van der Waals surface area contributed by atoms with Crippen molar-refractivity contribution in [1.82, 2.24) is 9.88 Å². The van der Waals surface area contributed by atoms with E-state index in [0.717, 1.165) is 12.8 Å². The second kappa shape index (κ2) is 6.49. The van der Waals surface area contributed by atoms with Crippen molar-refractivity contribution in [3.05, 3.63) is 24.0 Å². The molecule has 19 heavy (non-hydrogen) atoms. The molecule has 1 aromatic rings. The topological polar surface area (TPSA) is 88.7 Å². The van der Waals surface area contributed by atoms with Crippen LogP contribution in [0, 0.1) is 0 Å². The number of nitrogens with zero attached hydrogens (tertiary/aromatic N) is 2. The maximum Gasteiger partial charge on any atom is 0.257 e. The maximum atomic E-state index is 12.3. The second-order valence-electron chi connectivity index (χ2n) is 4.55. The molecular formula is C13H19N3O3. The molecule has 0 saturated carbocycles. The van der Waals surface area contributed by atoms with E-state index in [4.69, 9.17) is 15.6 Å². The summed E-state index contributed by atoms with van der Waals surface area (Å²) in [6.45, 7) is 1.67. The molecule has 0 spiro atoms. The summed E-state index contributed by atoms with van der Waals surface area (Å²) in [4.78, 5) is 18.0. The summed E-state index contributed by atoms with van der Waals surface area (Å²) in [5, 5.41) is 8.71. The van der Waals surface area contributed by atoms with Gasteiger partial charge in [-0.05, 0) is 18.9 Å². The molecule has 0 bridgehead atoms. The number of pyridine rings is 1. The van der Waals surface area contributed by atoms with Gasteiger partial charge in [-0.2, -0.15) is 0 Å². The fourth-order valence-electron chi connectivity index (χ4n) is 2.20. The number of carbonyl (C=O) groups is 1. The van der Waals surface area contributed by atoms with Crippen molar-refractivity contribution >= 4 is 11.6 Å². The van der Waals surface area contributed by atoms with Crippen LogP contribution >= 0.6 is 0 Å². The zero-order valence-corrected chi connectivity index (χ0v) is 10.8. The largest absolute Gasteiger partial charge is 0.398 e. The molecule has 1 aliphatic rings. The van der Waals surface area contributed by atoms with Gasteiger partial charge in [0.15, 0.2) is 0 Å². The Hall–Kier alpha value is -1.66. The van der Waals surface area contributed by atoms with Crippen LogP contribution in [0.4, 0.5) is 5.69 Å². The average Bonchev–Trinajstić information content (AvgIpc) is 2.45. The average molecular weight is 265 g/mol. The monoisotopic (exact) mass is 265 g/mol. The standard InChI is InChI=1S/C13H19N3O3/c14-12-1-4-15-9-11(12)13(18)16-5-2-10(3-6-16)19-8-7-17/h1,4,9-10,17H,2-3,5-8H2,(H2,14,15). The highest BCUT2D eigenvalue weighted by atomic mass is 16.5. The zero-order valence-electron chi connectivity index (χ0n) is 10.8. The van der Waals surface area contributed by atoms with Crippen molar-refractivity contribution in [2.45, 2.75) is 18.9 Å². The minimum Gasteiger partial charge on any atom is -0.398 e. The van der Waals surface area contributed by atoms with Gasteiger partial charge in [-0.3, -0.25) is 9.78 Å². The van der Waals surface area contributed by atoms with Gasteiger partial charge in [0.2, 0.25) is 0 Å². The van der Waals surface area contributed by atoms with Crippen molar-refractivity contribution in [2.24, 2.45) is 0 Å². The van der Waals surface area contributed by atoms with E-state index in [9.17, 15) is 4.79 Å². The van der Waals surface area contributed by atoms with E-state index >= 15 is 0 Å². The van der Waals surface area contributed by atoms with E-state index in [0.29, 0.717) is 30.9 Å². The number of rotatable bonds is 4. The summed E-state index contributed by atoms with van der Waals surface area (Å²) in [7, 11) is 0. The summed E-state index contributed by atoms with van der Waals surface area (Å²) in [5.74, 6) is -0.0776. The maximum absolute atomic E-state index is 12.3. The van der Waals surface area contributed by atoms with Crippen LogP contribution in [0.25, 0.3) is 0 Å². The van der Waals surface area contributed by atoms with Crippen molar-refractivity contribution in [3.63, 3.8) is 0 Å². The molecule has 3 N–H and O–H groups in total. The predicted octanol–water partition coefficient (Wildman–Crippen LogP) is 0.277. The summed E-state index contributed by atoms with van der Waals surface area (Å²) in [5.41, 5.74) is 6.69. The Labute approximate surface area is 112 Å². The van der Waals surface area contributed by atoms with Crippen LogP contribution in [0.5, 0.6) is 0 Å². The van der Waals surface area contributed by atoms with E-state index in [1.54, 1.807) is 17.2 Å². The number of nitrogen functional groups attached to an aromatic ring is 1. The molecule has 2 heterocycles. The van der Waals surface area contributed by atoms with Crippen LogP contribution in [0.2, 0.25) is 0 Å². The van der Waals surface area contributed by atoms with Gasteiger partial charge in [-0.1, -0.05) is 0 Å². The molecule has 1 fully saturated rings. The summed E-state index contributed by atoms with van der Waals surface area (Å²) in [6.07, 6.45) is 4.77. The fraction of sp³-hybridized carbons (Fsp3) is 0.538. The molecule has 0 radical (unpaired) electrons. The Bertz CT molecular complexity index is 431. The van der Waals surface area contributed by atoms with E-state index < -0.39 is 0 Å². The van der Waals surface area contributed by atoms with Gasteiger partial charge in [0.25, 0.3) is 5.91 Å². The first-order valence-electron chi connectivity index (χ1n) is 6.43. The molecule has 1 aromatic heterocycles. The number of likely N-dealkylation sites (tertiary alicyclic amines) is 1. The predicted molar refractivity (Wildman–Crippen MR) is 70.6 cm³/mol. The molecule has 0 atom stereocenters. The first-order chi connectivity index (χ1) is 9.22. The minimum absolute atomic E-state index is 0.0331. The van der Waals surface area contributed by atoms with E-state index in [-0.39, 0.29) is 18.6 Å². The van der Waals surface area contributed by atoms with Crippen LogP contribution in [0.1, 0.15) is 23.2 Å². The third-order valence-electron chi connectivity index (χ3n) is 3.26. The number of aliphatic hydroxyl groups is 1. The van der Waals surface area contributed by atoms with E-state index in [1.807, 2.05) is 0 Å². The lowest BCUT2D eigenvalue weighted by Crippen LogP contribution is -2.41. The Morgan fingerprint density at radius 3 is 2.89 bits per heavy atom. The highest BCUT2D eigenvalue weighted by molar-refractivity contribution is 5.98. The van der Waals surface area contributed by atoms with Crippen LogP contribution in [0.3, 0.4) is 0 Å². The van der Waals surface area contributed by atoms with Gasteiger partial charge in [0.1, 0.15) is 0 Å². The quantitative estimate of drug-likeness (QED) is 0.816. The molecule has 2 rings (SSSR count). The van der Waals surface area contributed by atoms with Crippen molar-refractivity contribution in [3.8, 4) is 0 Å². The molecule has 0 aromatic carbocycles. The van der Waals surface area contributed by atoms with Crippen molar-refractivity contribution in [1.29, 1.82) is 0 Å². The first kappa shape index (κ1) is 13.8. The number of aromatic nitrogens is 1. The number of piperidine rings is 1. The normalized spacial score (nSPS) is 16.6. The number of hydrogen-bond acceptors (Lipinski definition) is 5. The Morgan fingerprint density at radius 1 is 1.53 bits per heavy atom. The molecule has 1 aliphatic heterocycles. The molecule has 0 unspecified atom stereocenters. The molecule has 1 saturated heterocycles. The Balaban J connectivity index is 1.91. The number of carbonyl (C=O) groups excluding carboxylic acids is 1. The summed E-state index contributed by atoms with van der Waals surface area (Å²) >= 11 is 0. The van der Waals surface area contributed by atoms with Crippen LogP contribution in [-0.4, -0.2) is 53.3 Å². The van der Waals surface area contributed by atoms with E-state index in [1.165, 1.54) is 6.20 Å². The molecule has 0 aliphatic carbocycles. The second-order valence-corrected chi connectivity index (χ2v) is 4.55. The fourth-order valence-corrected chi connectivity index (χ4v) is 2.20. The molecule has 104 valence electrons. The first-order valence-corrected chi connectivity index (χ1v) is 6.43.